The van der Waals surface area contributed by atoms with Gasteiger partial charge >= 0.3 is 0 Å². The van der Waals surface area contributed by atoms with E-state index in [-0.39, 0.29) is 0 Å². The van der Waals surface area contributed by atoms with Crippen LogP contribution in [-0.4, -0.2) is 36.5 Å². The van der Waals surface area contributed by atoms with Gasteiger partial charge in [-0.2, -0.15) is 0 Å². The molecule has 2 aliphatic heterocycles. The lowest BCUT2D eigenvalue weighted by molar-refractivity contribution is -0.132. The Bertz CT molecular complexity index is 500. The molecule has 2 saturated heterocycles. The zero-order valence-electron chi connectivity index (χ0n) is 13.7. The molecule has 3 heteroatoms. The molecule has 3 rings (SSSR count). The van der Waals surface area contributed by atoms with Crippen molar-refractivity contribution in [2.45, 2.75) is 51.5 Å². The molecule has 22 heavy (non-hydrogen) atoms. The number of amides is 1. The molecule has 0 saturated carbocycles. The fourth-order valence-electron chi connectivity index (χ4n) is 3.96. The predicted molar refractivity (Wildman–Crippen MR) is 89.8 cm³/mol. The zero-order valence-corrected chi connectivity index (χ0v) is 13.7. The summed E-state index contributed by atoms with van der Waals surface area (Å²) in [6, 6.07) is 9.10. The molecule has 0 radical (unpaired) electrons. The van der Waals surface area contributed by atoms with Gasteiger partial charge in [-0.1, -0.05) is 24.3 Å². The van der Waals surface area contributed by atoms with E-state index in [4.69, 9.17) is 0 Å². The van der Waals surface area contributed by atoms with E-state index in [2.05, 4.69) is 41.4 Å². The maximum absolute atomic E-state index is 12.4. The van der Waals surface area contributed by atoms with Crippen LogP contribution in [0.4, 0.5) is 0 Å². The second kappa shape index (κ2) is 7.28. The van der Waals surface area contributed by atoms with Gasteiger partial charge in [0.2, 0.25) is 5.91 Å². The van der Waals surface area contributed by atoms with Crippen LogP contribution in [0.2, 0.25) is 0 Å². The minimum atomic E-state index is 0.334. The van der Waals surface area contributed by atoms with Gasteiger partial charge in [0.15, 0.2) is 0 Å². The Morgan fingerprint density at radius 3 is 2.68 bits per heavy atom. The second-order valence-corrected chi connectivity index (χ2v) is 6.85. The van der Waals surface area contributed by atoms with Crippen LogP contribution in [-0.2, 0) is 11.2 Å². The molecule has 2 aliphatic rings. The molecular weight excluding hydrogens is 272 g/mol. The number of carbonyl (C=O) groups excluding carboxylic acids is 1. The third kappa shape index (κ3) is 3.70. The second-order valence-electron chi connectivity index (χ2n) is 6.85. The Labute approximate surface area is 134 Å². The number of likely N-dealkylation sites (tertiary alicyclic amines) is 1. The standard InChI is InChI=1S/C19H28N2O/c1-15-5-2-3-6-16(15)8-9-19(22)21-13-10-17(11-14-21)18-7-4-12-20-18/h2-3,5-6,17-18,20H,4,7-14H2,1H3. The minimum Gasteiger partial charge on any atom is -0.343 e. The van der Waals surface area contributed by atoms with E-state index >= 15 is 0 Å². The highest BCUT2D eigenvalue weighted by Crippen LogP contribution is 2.26. The van der Waals surface area contributed by atoms with Crippen molar-refractivity contribution in [2.75, 3.05) is 19.6 Å². The van der Waals surface area contributed by atoms with Gasteiger partial charge in [-0.3, -0.25) is 4.79 Å². The van der Waals surface area contributed by atoms with E-state index in [1.807, 2.05) is 0 Å². The molecule has 0 aliphatic carbocycles. The van der Waals surface area contributed by atoms with Crippen LogP contribution in [0.3, 0.4) is 0 Å². The third-order valence-corrected chi connectivity index (χ3v) is 5.43. The Morgan fingerprint density at radius 1 is 1.23 bits per heavy atom. The van der Waals surface area contributed by atoms with Gasteiger partial charge in [-0.25, -0.2) is 0 Å². The van der Waals surface area contributed by atoms with Crippen molar-refractivity contribution >= 4 is 5.91 Å². The molecule has 2 fully saturated rings. The number of carbonyl (C=O) groups is 1. The first-order valence-corrected chi connectivity index (χ1v) is 8.79. The van der Waals surface area contributed by atoms with E-state index in [0.717, 1.165) is 25.4 Å². The van der Waals surface area contributed by atoms with Crippen molar-refractivity contribution in [3.05, 3.63) is 35.4 Å². The minimum absolute atomic E-state index is 0.334. The largest absolute Gasteiger partial charge is 0.343 e. The van der Waals surface area contributed by atoms with Crippen molar-refractivity contribution in [1.82, 2.24) is 10.2 Å². The molecule has 1 unspecified atom stereocenters. The summed E-state index contributed by atoms with van der Waals surface area (Å²) in [4.78, 5) is 14.5. The normalized spacial score (nSPS) is 23.0. The molecule has 3 nitrogen and oxygen atoms in total. The summed E-state index contributed by atoms with van der Waals surface area (Å²) in [7, 11) is 0. The average molecular weight is 300 g/mol. The summed E-state index contributed by atoms with van der Waals surface area (Å²) in [5.74, 6) is 1.11. The number of aryl methyl sites for hydroxylation is 2. The number of hydrogen-bond donors (Lipinski definition) is 1. The Kier molecular flexibility index (Phi) is 5.14. The van der Waals surface area contributed by atoms with Crippen LogP contribution < -0.4 is 5.32 Å². The molecule has 1 aromatic rings. The average Bonchev–Trinajstić information content (AvgIpc) is 3.08. The number of benzene rings is 1. The molecule has 0 spiro atoms. The van der Waals surface area contributed by atoms with Crippen LogP contribution in [0, 0.1) is 12.8 Å². The highest BCUT2D eigenvalue weighted by atomic mass is 16.2. The molecule has 2 heterocycles. The van der Waals surface area contributed by atoms with Crippen LogP contribution in [0.5, 0.6) is 0 Å². The molecule has 1 atom stereocenters. The smallest absolute Gasteiger partial charge is 0.222 e. The monoisotopic (exact) mass is 300 g/mol. The summed E-state index contributed by atoms with van der Waals surface area (Å²) >= 11 is 0. The van der Waals surface area contributed by atoms with Crippen molar-refractivity contribution < 1.29 is 4.79 Å². The van der Waals surface area contributed by atoms with Crippen LogP contribution in [0.25, 0.3) is 0 Å². The molecule has 0 aromatic heterocycles. The lowest BCUT2D eigenvalue weighted by atomic mass is 9.88. The van der Waals surface area contributed by atoms with Gasteiger partial charge in [0.05, 0.1) is 0 Å². The van der Waals surface area contributed by atoms with Crippen molar-refractivity contribution in [3.63, 3.8) is 0 Å². The summed E-state index contributed by atoms with van der Waals surface area (Å²) < 4.78 is 0. The Hall–Kier alpha value is -1.35. The summed E-state index contributed by atoms with van der Waals surface area (Å²) in [5.41, 5.74) is 2.60. The quantitative estimate of drug-likeness (QED) is 0.927. The van der Waals surface area contributed by atoms with Gasteiger partial charge < -0.3 is 10.2 Å². The highest BCUT2D eigenvalue weighted by molar-refractivity contribution is 5.76. The van der Waals surface area contributed by atoms with Gasteiger partial charge in [0.25, 0.3) is 0 Å². The predicted octanol–water partition coefficient (Wildman–Crippen LogP) is 2.92. The lowest BCUT2D eigenvalue weighted by Crippen LogP contribution is -2.43. The lowest BCUT2D eigenvalue weighted by Gasteiger charge is -2.35. The fraction of sp³-hybridized carbons (Fsp3) is 0.632. The number of hydrogen-bond acceptors (Lipinski definition) is 2. The molecular formula is C19H28N2O. The van der Waals surface area contributed by atoms with Gasteiger partial charge in [-0.05, 0) is 62.6 Å². The molecule has 120 valence electrons. The van der Waals surface area contributed by atoms with Gasteiger partial charge in [0, 0.05) is 25.6 Å². The number of rotatable bonds is 4. The van der Waals surface area contributed by atoms with Crippen molar-refractivity contribution in [3.8, 4) is 0 Å². The maximum atomic E-state index is 12.4. The van der Waals surface area contributed by atoms with Gasteiger partial charge in [-0.15, -0.1) is 0 Å². The topological polar surface area (TPSA) is 32.3 Å². The first-order chi connectivity index (χ1) is 10.7. The van der Waals surface area contributed by atoms with Crippen LogP contribution in [0.1, 0.15) is 43.2 Å². The summed E-state index contributed by atoms with van der Waals surface area (Å²) in [6.07, 6.45) is 6.51. The Morgan fingerprint density at radius 2 is 2.00 bits per heavy atom. The summed E-state index contributed by atoms with van der Waals surface area (Å²) in [6.45, 7) is 5.21. The first-order valence-electron chi connectivity index (χ1n) is 8.79. The number of nitrogens with one attached hydrogen (secondary N) is 1. The number of piperidine rings is 1. The molecule has 1 amide bonds. The molecule has 1 aromatic carbocycles. The zero-order chi connectivity index (χ0) is 15.4. The summed E-state index contributed by atoms with van der Waals surface area (Å²) in [5, 5.41) is 3.62. The van der Waals surface area contributed by atoms with Gasteiger partial charge in [0.1, 0.15) is 0 Å². The van der Waals surface area contributed by atoms with E-state index in [0.29, 0.717) is 18.4 Å². The SMILES string of the molecule is Cc1ccccc1CCC(=O)N1CCC(C2CCCN2)CC1. The number of nitrogens with zero attached hydrogens (tertiary/aromatic N) is 1. The molecule has 1 N–H and O–H groups in total. The maximum Gasteiger partial charge on any atom is 0.222 e. The van der Waals surface area contributed by atoms with Crippen LogP contribution >= 0.6 is 0 Å². The van der Waals surface area contributed by atoms with E-state index in [1.54, 1.807) is 0 Å². The van der Waals surface area contributed by atoms with E-state index < -0.39 is 0 Å². The van der Waals surface area contributed by atoms with E-state index in [1.165, 1.54) is 43.4 Å². The van der Waals surface area contributed by atoms with Crippen molar-refractivity contribution in [2.24, 2.45) is 5.92 Å². The third-order valence-electron chi connectivity index (χ3n) is 5.43. The fourth-order valence-corrected chi connectivity index (χ4v) is 3.96. The highest BCUT2D eigenvalue weighted by Gasteiger charge is 2.29. The Balaban J connectivity index is 1.45. The van der Waals surface area contributed by atoms with Crippen LogP contribution in [0.15, 0.2) is 24.3 Å². The molecule has 0 bridgehead atoms. The van der Waals surface area contributed by atoms with Crippen molar-refractivity contribution in [1.29, 1.82) is 0 Å². The first kappa shape index (κ1) is 15.5. The van der Waals surface area contributed by atoms with E-state index in [9.17, 15) is 4.79 Å².